The minimum Gasteiger partial charge on any atom is -0.469 e. The van der Waals surface area contributed by atoms with E-state index in [2.05, 4.69) is 14.9 Å². The fourth-order valence-electron chi connectivity index (χ4n) is 2.05. The number of carbonyl (C=O) groups is 2. The van der Waals surface area contributed by atoms with E-state index in [1.807, 2.05) is 0 Å². The van der Waals surface area contributed by atoms with E-state index in [1.54, 1.807) is 4.90 Å². The maximum atomic E-state index is 11.9. The first-order chi connectivity index (χ1) is 8.69. The van der Waals surface area contributed by atoms with Crippen molar-refractivity contribution in [3.05, 3.63) is 5.01 Å². The molecule has 1 saturated heterocycles. The molecule has 1 aliphatic carbocycles. The number of amides is 1. The van der Waals surface area contributed by atoms with Crippen molar-refractivity contribution in [3.8, 4) is 0 Å². The Bertz CT molecular complexity index is 497. The second-order valence-electron chi connectivity index (χ2n) is 4.63. The van der Waals surface area contributed by atoms with Crippen LogP contribution in [0.3, 0.4) is 0 Å². The summed E-state index contributed by atoms with van der Waals surface area (Å²) in [6, 6.07) is 0. The number of methoxy groups -OCH3 is 1. The second-order valence-corrected chi connectivity index (χ2v) is 5.61. The van der Waals surface area contributed by atoms with E-state index < -0.39 is 0 Å². The number of esters is 1. The van der Waals surface area contributed by atoms with Gasteiger partial charge in [-0.25, -0.2) is 0 Å². The van der Waals surface area contributed by atoms with Crippen LogP contribution in [0.5, 0.6) is 0 Å². The molecule has 6 nitrogen and oxygen atoms in total. The summed E-state index contributed by atoms with van der Waals surface area (Å²) in [5.74, 6) is -0.261. The number of hydrogen-bond acceptors (Lipinski definition) is 6. The summed E-state index contributed by atoms with van der Waals surface area (Å²) in [5, 5.41) is 9.76. The standard InChI is InChI=1S/C11H13N3O3S/c1-17-10(16)7-4-8(15)14(5-7)11-13-12-9(18-11)6-2-3-6/h6-7H,2-5H2,1H3. The first-order valence-electron chi connectivity index (χ1n) is 5.90. The molecule has 1 unspecified atom stereocenters. The van der Waals surface area contributed by atoms with Gasteiger partial charge < -0.3 is 4.74 Å². The maximum absolute atomic E-state index is 11.9. The zero-order chi connectivity index (χ0) is 12.7. The fourth-order valence-corrected chi connectivity index (χ4v) is 3.09. The molecule has 0 spiro atoms. The lowest BCUT2D eigenvalue weighted by molar-refractivity contribution is -0.145. The van der Waals surface area contributed by atoms with Crippen LogP contribution >= 0.6 is 11.3 Å². The highest BCUT2D eigenvalue weighted by atomic mass is 32.1. The van der Waals surface area contributed by atoms with E-state index >= 15 is 0 Å². The molecule has 1 amide bonds. The predicted molar refractivity (Wildman–Crippen MR) is 64.4 cm³/mol. The number of aromatic nitrogens is 2. The minimum atomic E-state index is -0.379. The van der Waals surface area contributed by atoms with Crippen molar-refractivity contribution < 1.29 is 14.3 Å². The van der Waals surface area contributed by atoms with Crippen molar-refractivity contribution in [2.24, 2.45) is 5.92 Å². The molecule has 1 saturated carbocycles. The van der Waals surface area contributed by atoms with Crippen molar-refractivity contribution in [1.29, 1.82) is 0 Å². The Balaban J connectivity index is 1.75. The van der Waals surface area contributed by atoms with Gasteiger partial charge in [-0.15, -0.1) is 10.2 Å². The van der Waals surface area contributed by atoms with Crippen molar-refractivity contribution in [3.63, 3.8) is 0 Å². The smallest absolute Gasteiger partial charge is 0.311 e. The molecule has 1 atom stereocenters. The van der Waals surface area contributed by atoms with Crippen LogP contribution in [0.15, 0.2) is 0 Å². The minimum absolute atomic E-state index is 0.0797. The quantitative estimate of drug-likeness (QED) is 0.762. The molecule has 0 bridgehead atoms. The van der Waals surface area contributed by atoms with Crippen molar-refractivity contribution in [1.82, 2.24) is 10.2 Å². The van der Waals surface area contributed by atoms with Gasteiger partial charge in [-0.3, -0.25) is 14.5 Å². The molecule has 18 heavy (non-hydrogen) atoms. The van der Waals surface area contributed by atoms with Gasteiger partial charge in [0.25, 0.3) is 0 Å². The predicted octanol–water partition coefficient (Wildman–Crippen LogP) is 0.941. The number of rotatable bonds is 3. The monoisotopic (exact) mass is 267 g/mol. The number of nitrogens with zero attached hydrogens (tertiary/aromatic N) is 3. The number of carbonyl (C=O) groups excluding carboxylic acids is 2. The van der Waals surface area contributed by atoms with E-state index in [1.165, 1.54) is 18.4 Å². The number of anilines is 1. The fraction of sp³-hybridized carbons (Fsp3) is 0.636. The summed E-state index contributed by atoms with van der Waals surface area (Å²) in [6.07, 6.45) is 2.52. The first-order valence-corrected chi connectivity index (χ1v) is 6.72. The zero-order valence-electron chi connectivity index (χ0n) is 9.96. The van der Waals surface area contributed by atoms with Gasteiger partial charge in [0, 0.05) is 18.9 Å². The van der Waals surface area contributed by atoms with E-state index in [9.17, 15) is 9.59 Å². The zero-order valence-corrected chi connectivity index (χ0v) is 10.8. The Hall–Kier alpha value is -1.50. The van der Waals surface area contributed by atoms with E-state index in [0.717, 1.165) is 17.8 Å². The van der Waals surface area contributed by atoms with Crippen LogP contribution in [0, 0.1) is 5.92 Å². The van der Waals surface area contributed by atoms with E-state index in [4.69, 9.17) is 0 Å². The Labute approximate surface area is 108 Å². The van der Waals surface area contributed by atoms with Crippen LogP contribution in [0.2, 0.25) is 0 Å². The average Bonchev–Trinajstić information content (AvgIpc) is 2.98. The summed E-state index contributed by atoms with van der Waals surface area (Å²) in [7, 11) is 1.34. The van der Waals surface area contributed by atoms with Crippen LogP contribution in [0.25, 0.3) is 0 Å². The SMILES string of the molecule is COC(=O)C1CC(=O)N(c2nnc(C3CC3)s2)C1. The molecule has 2 heterocycles. The molecule has 0 N–H and O–H groups in total. The average molecular weight is 267 g/mol. The van der Waals surface area contributed by atoms with Crippen molar-refractivity contribution in [2.75, 3.05) is 18.6 Å². The molecule has 1 aromatic heterocycles. The van der Waals surface area contributed by atoms with Gasteiger partial charge in [0.2, 0.25) is 11.0 Å². The third kappa shape index (κ3) is 1.98. The highest BCUT2D eigenvalue weighted by Crippen LogP contribution is 2.43. The summed E-state index contributed by atoms with van der Waals surface area (Å²) in [6.45, 7) is 0.352. The Morgan fingerprint density at radius 2 is 2.22 bits per heavy atom. The molecule has 2 fully saturated rings. The lowest BCUT2D eigenvalue weighted by Gasteiger charge is -2.11. The van der Waals surface area contributed by atoms with Crippen molar-refractivity contribution >= 4 is 28.3 Å². The van der Waals surface area contributed by atoms with Gasteiger partial charge in [0.15, 0.2) is 0 Å². The molecule has 1 aromatic rings. The summed E-state index contributed by atoms with van der Waals surface area (Å²) >= 11 is 1.46. The largest absolute Gasteiger partial charge is 0.469 e. The lowest BCUT2D eigenvalue weighted by Crippen LogP contribution is -2.26. The van der Waals surface area contributed by atoms with Crippen LogP contribution < -0.4 is 4.90 Å². The third-order valence-electron chi connectivity index (χ3n) is 3.25. The van der Waals surface area contributed by atoms with Crippen LogP contribution in [0.1, 0.15) is 30.2 Å². The van der Waals surface area contributed by atoms with Gasteiger partial charge in [-0.1, -0.05) is 11.3 Å². The van der Waals surface area contributed by atoms with Gasteiger partial charge in [0.05, 0.1) is 13.0 Å². The molecule has 1 aliphatic heterocycles. The number of hydrogen-bond donors (Lipinski definition) is 0. The van der Waals surface area contributed by atoms with E-state index in [0.29, 0.717) is 17.6 Å². The highest BCUT2D eigenvalue weighted by Gasteiger charge is 2.38. The molecule has 7 heteroatoms. The lowest BCUT2D eigenvalue weighted by atomic mass is 10.1. The summed E-state index contributed by atoms with van der Waals surface area (Å²) in [4.78, 5) is 24.8. The molecular weight excluding hydrogens is 254 g/mol. The van der Waals surface area contributed by atoms with Crippen LogP contribution in [0.4, 0.5) is 5.13 Å². The molecule has 96 valence electrons. The Morgan fingerprint density at radius 1 is 1.44 bits per heavy atom. The van der Waals surface area contributed by atoms with Crippen molar-refractivity contribution in [2.45, 2.75) is 25.2 Å². The number of ether oxygens (including phenoxy) is 1. The molecule has 2 aliphatic rings. The molecule has 3 rings (SSSR count). The second kappa shape index (κ2) is 4.31. The van der Waals surface area contributed by atoms with Gasteiger partial charge >= 0.3 is 5.97 Å². The Morgan fingerprint density at radius 3 is 2.89 bits per heavy atom. The van der Waals surface area contributed by atoms with Gasteiger partial charge in [-0.05, 0) is 12.8 Å². The van der Waals surface area contributed by atoms with Gasteiger partial charge in [-0.2, -0.15) is 0 Å². The Kier molecular flexibility index (Phi) is 2.77. The topological polar surface area (TPSA) is 72.4 Å². The first kappa shape index (κ1) is 11.6. The molecule has 0 aromatic carbocycles. The molecular formula is C11H13N3O3S. The van der Waals surface area contributed by atoms with Crippen LogP contribution in [-0.2, 0) is 14.3 Å². The van der Waals surface area contributed by atoms with E-state index in [-0.39, 0.29) is 24.2 Å². The normalized spacial score (nSPS) is 23.5. The third-order valence-corrected chi connectivity index (χ3v) is 4.36. The maximum Gasteiger partial charge on any atom is 0.311 e. The van der Waals surface area contributed by atoms with Gasteiger partial charge in [0.1, 0.15) is 5.01 Å². The summed E-state index contributed by atoms with van der Waals surface area (Å²) < 4.78 is 4.67. The summed E-state index contributed by atoms with van der Waals surface area (Å²) in [5.41, 5.74) is 0. The van der Waals surface area contributed by atoms with Crippen LogP contribution in [-0.4, -0.2) is 35.7 Å². The highest BCUT2D eigenvalue weighted by molar-refractivity contribution is 7.15. The molecule has 0 radical (unpaired) electrons.